The fourth-order valence-electron chi connectivity index (χ4n) is 4.69. The van der Waals surface area contributed by atoms with E-state index in [9.17, 15) is 4.79 Å². The van der Waals surface area contributed by atoms with Crippen LogP contribution in [0.25, 0.3) is 28.2 Å². The summed E-state index contributed by atoms with van der Waals surface area (Å²) in [4.78, 5) is 27.1. The van der Waals surface area contributed by atoms with E-state index < -0.39 is 0 Å². The highest BCUT2D eigenvalue weighted by atomic mass is 16.5. The zero-order valence-corrected chi connectivity index (χ0v) is 19.5. The molecule has 2 saturated heterocycles. The minimum Gasteiger partial charge on any atom is -0.378 e. The summed E-state index contributed by atoms with van der Waals surface area (Å²) < 4.78 is 7.18. The first-order chi connectivity index (χ1) is 17.1. The van der Waals surface area contributed by atoms with E-state index in [1.807, 2.05) is 59.6 Å². The van der Waals surface area contributed by atoms with Gasteiger partial charge in [0.05, 0.1) is 29.3 Å². The number of fused-ring (bicyclic) bond motifs is 1. The monoisotopic (exact) mass is 469 g/mol. The third kappa shape index (κ3) is 4.02. The van der Waals surface area contributed by atoms with E-state index in [1.165, 1.54) is 0 Å². The number of amides is 1. The van der Waals surface area contributed by atoms with Crippen molar-refractivity contribution in [2.24, 2.45) is 5.73 Å². The van der Waals surface area contributed by atoms with Gasteiger partial charge in [-0.05, 0) is 24.6 Å². The summed E-state index contributed by atoms with van der Waals surface area (Å²) >= 11 is 0. The summed E-state index contributed by atoms with van der Waals surface area (Å²) in [7, 11) is 1.71. The highest BCUT2D eigenvalue weighted by Gasteiger charge is 2.30. The second-order valence-corrected chi connectivity index (χ2v) is 9.17. The number of likely N-dealkylation sites (tertiary alicyclic amines) is 1. The number of nitrogens with two attached hydrogens (primary N) is 1. The smallest absolute Gasteiger partial charge is 0.254 e. The van der Waals surface area contributed by atoms with E-state index >= 15 is 0 Å². The van der Waals surface area contributed by atoms with E-state index in [4.69, 9.17) is 20.4 Å². The molecule has 1 amide bonds. The fraction of sp³-hybridized carbons (Fsp3) is 0.308. The van der Waals surface area contributed by atoms with Gasteiger partial charge in [-0.1, -0.05) is 30.3 Å². The van der Waals surface area contributed by atoms with Crippen LogP contribution in [0.2, 0.25) is 0 Å². The van der Waals surface area contributed by atoms with Crippen LogP contribution in [-0.2, 0) is 4.74 Å². The van der Waals surface area contributed by atoms with Crippen LogP contribution < -0.4 is 10.6 Å². The first-order valence-corrected chi connectivity index (χ1v) is 11.8. The lowest BCUT2D eigenvalue weighted by Gasteiger charge is -2.39. The molecule has 2 aliphatic rings. The van der Waals surface area contributed by atoms with Crippen LogP contribution in [0, 0.1) is 0 Å². The Labute approximate surface area is 203 Å². The normalized spacial score (nSPS) is 18.3. The molecule has 1 atom stereocenters. The zero-order chi connectivity index (χ0) is 23.9. The summed E-state index contributed by atoms with van der Waals surface area (Å²) in [5.74, 6) is 0.724. The van der Waals surface area contributed by atoms with Crippen molar-refractivity contribution in [2.45, 2.75) is 18.6 Å². The minimum atomic E-state index is -0.0268. The largest absolute Gasteiger partial charge is 0.378 e. The van der Waals surface area contributed by atoms with E-state index in [0.29, 0.717) is 30.0 Å². The van der Waals surface area contributed by atoms with Crippen molar-refractivity contribution in [1.82, 2.24) is 24.5 Å². The molecule has 4 aromatic rings. The van der Waals surface area contributed by atoms with Crippen LogP contribution in [0.1, 0.15) is 16.8 Å². The molecule has 178 valence electrons. The molecule has 0 saturated carbocycles. The topological polar surface area (TPSA) is 102 Å². The van der Waals surface area contributed by atoms with Crippen LogP contribution in [0.3, 0.4) is 0 Å². The summed E-state index contributed by atoms with van der Waals surface area (Å²) in [6, 6.07) is 15.7. The molecule has 6 rings (SSSR count). The number of methoxy groups -OCH3 is 1. The van der Waals surface area contributed by atoms with Gasteiger partial charge in [0.1, 0.15) is 5.82 Å². The minimum absolute atomic E-state index is 0.0257. The number of aromatic nitrogens is 4. The molecule has 9 nitrogen and oxygen atoms in total. The zero-order valence-electron chi connectivity index (χ0n) is 19.5. The molecule has 5 heterocycles. The van der Waals surface area contributed by atoms with Gasteiger partial charge in [-0.2, -0.15) is 5.10 Å². The average Bonchev–Trinajstić information content (AvgIpc) is 3.49. The summed E-state index contributed by atoms with van der Waals surface area (Å²) in [5, 5.41) is 4.49. The number of ether oxygens (including phenoxy) is 1. The number of carbonyl (C=O) groups is 1. The standard InChI is InChI=1S/C26H27N7O2/c1-35-20-15-32(16-20)24-12-18(26(34)31-9-7-19(27)14-31)11-23(29-24)21-13-28-33-10-8-22(30-25(21)33)17-5-3-2-4-6-17/h2-6,8,10-13,19-20H,7,9,14-16,27H2,1H3. The Balaban J connectivity index is 1.43. The van der Waals surface area contributed by atoms with Gasteiger partial charge >= 0.3 is 0 Å². The van der Waals surface area contributed by atoms with Crippen LogP contribution in [0.15, 0.2) is 60.9 Å². The molecule has 2 N–H and O–H groups in total. The number of hydrogen-bond donors (Lipinski definition) is 1. The van der Waals surface area contributed by atoms with Crippen LogP contribution in [-0.4, -0.2) is 75.8 Å². The molecule has 1 aromatic carbocycles. The predicted octanol–water partition coefficient (Wildman–Crippen LogP) is 2.47. The molecule has 0 bridgehead atoms. The Morgan fingerprint density at radius 3 is 2.63 bits per heavy atom. The molecule has 1 unspecified atom stereocenters. The molecule has 0 radical (unpaired) electrons. The molecular weight excluding hydrogens is 442 g/mol. The van der Waals surface area contributed by atoms with Crippen molar-refractivity contribution >= 4 is 17.4 Å². The first kappa shape index (κ1) is 21.7. The van der Waals surface area contributed by atoms with E-state index in [1.54, 1.807) is 17.8 Å². The Kier molecular flexibility index (Phi) is 5.43. The van der Waals surface area contributed by atoms with Gasteiger partial charge < -0.3 is 20.3 Å². The molecule has 0 spiro atoms. The quantitative estimate of drug-likeness (QED) is 0.479. The third-order valence-electron chi connectivity index (χ3n) is 6.79. The number of benzene rings is 1. The van der Waals surface area contributed by atoms with Crippen LogP contribution in [0.4, 0.5) is 5.82 Å². The SMILES string of the molecule is COC1CN(c2cc(C(=O)N3CCC(N)C3)cc(-c3cnn4ccc(-c5ccccc5)nc34)n2)C1. The maximum atomic E-state index is 13.4. The van der Waals surface area contributed by atoms with Crippen molar-refractivity contribution in [1.29, 1.82) is 0 Å². The van der Waals surface area contributed by atoms with Crippen molar-refractivity contribution in [3.8, 4) is 22.5 Å². The summed E-state index contributed by atoms with van der Waals surface area (Å²) in [5.41, 5.74) is 10.7. The van der Waals surface area contributed by atoms with Crippen molar-refractivity contribution < 1.29 is 9.53 Å². The van der Waals surface area contributed by atoms with E-state index in [0.717, 1.165) is 42.1 Å². The van der Waals surface area contributed by atoms with Gasteiger partial charge in [0.25, 0.3) is 5.91 Å². The molecule has 2 fully saturated rings. The number of rotatable bonds is 5. The summed E-state index contributed by atoms with van der Waals surface area (Å²) in [6.07, 6.45) is 4.65. The number of nitrogens with zero attached hydrogens (tertiary/aromatic N) is 6. The van der Waals surface area contributed by atoms with E-state index in [2.05, 4.69) is 10.00 Å². The summed E-state index contributed by atoms with van der Waals surface area (Å²) in [6.45, 7) is 2.71. The van der Waals surface area contributed by atoms with Gasteiger partial charge in [-0.15, -0.1) is 0 Å². The highest BCUT2D eigenvalue weighted by Crippen LogP contribution is 2.30. The molecule has 2 aliphatic heterocycles. The number of pyridine rings is 1. The van der Waals surface area contributed by atoms with Crippen molar-refractivity contribution in [2.75, 3.05) is 38.2 Å². The maximum Gasteiger partial charge on any atom is 0.254 e. The van der Waals surface area contributed by atoms with Crippen LogP contribution >= 0.6 is 0 Å². The Bertz CT molecular complexity index is 1380. The second kappa shape index (κ2) is 8.75. The van der Waals surface area contributed by atoms with Gasteiger partial charge in [-0.3, -0.25) is 4.79 Å². The molecule has 3 aromatic heterocycles. The molecule has 0 aliphatic carbocycles. The van der Waals surface area contributed by atoms with Crippen molar-refractivity contribution in [3.63, 3.8) is 0 Å². The van der Waals surface area contributed by atoms with Crippen molar-refractivity contribution in [3.05, 3.63) is 66.5 Å². The van der Waals surface area contributed by atoms with E-state index in [-0.39, 0.29) is 18.1 Å². The average molecular weight is 470 g/mol. The Morgan fingerprint density at radius 1 is 1.06 bits per heavy atom. The predicted molar refractivity (Wildman–Crippen MR) is 133 cm³/mol. The number of hydrogen-bond acceptors (Lipinski definition) is 7. The number of carbonyl (C=O) groups excluding carboxylic acids is 1. The highest BCUT2D eigenvalue weighted by molar-refractivity contribution is 5.97. The lowest BCUT2D eigenvalue weighted by atomic mass is 10.1. The Morgan fingerprint density at radius 2 is 1.89 bits per heavy atom. The van der Waals surface area contributed by atoms with Crippen LogP contribution in [0.5, 0.6) is 0 Å². The van der Waals surface area contributed by atoms with Gasteiger partial charge in [0.15, 0.2) is 5.65 Å². The molecule has 35 heavy (non-hydrogen) atoms. The van der Waals surface area contributed by atoms with Gasteiger partial charge in [0, 0.05) is 56.7 Å². The maximum absolute atomic E-state index is 13.4. The third-order valence-corrected chi connectivity index (χ3v) is 6.79. The molecule has 9 heteroatoms. The Hall–Kier alpha value is -3.82. The van der Waals surface area contributed by atoms with Gasteiger partial charge in [0.2, 0.25) is 0 Å². The lowest BCUT2D eigenvalue weighted by Crippen LogP contribution is -2.52. The number of anilines is 1. The lowest BCUT2D eigenvalue weighted by molar-refractivity contribution is 0.0780. The molecular formula is C26H27N7O2. The van der Waals surface area contributed by atoms with Gasteiger partial charge in [-0.25, -0.2) is 14.5 Å². The first-order valence-electron chi connectivity index (χ1n) is 11.8. The second-order valence-electron chi connectivity index (χ2n) is 9.17. The fourth-order valence-corrected chi connectivity index (χ4v) is 4.69.